The van der Waals surface area contributed by atoms with Crippen LogP contribution in [0.15, 0.2) is 206 Å². The van der Waals surface area contributed by atoms with Crippen molar-refractivity contribution in [3.8, 4) is 45.3 Å². The van der Waals surface area contributed by atoms with E-state index < -0.39 is 5.41 Å². The fraction of sp³-hybridized carbons (Fsp3) is 0.130. The standard InChI is InChI=1S/C69H56N4O4/c1-7-70-65-33-23-45(37-57(65)59-41-51(76-5)29-35-67(59)70)72(43-17-25-49(74-3)26-18-43)47-21-31-55-56-32-22-48(40-64(56)69(63(55)39-47)61-15-11-9-13-53(61)54-14-10-12-16-62(54)69)73(44-19-27-50(75-4)28-20-44)46-24-34-66-58(38-46)60-42-52(77-6)30-36-68(60)71(66)8-2/h9-42H,7-8H2,1-6H3. The zero-order valence-corrected chi connectivity index (χ0v) is 44.0. The summed E-state index contributed by atoms with van der Waals surface area (Å²) in [6.07, 6.45) is 0. The number of anilines is 6. The summed E-state index contributed by atoms with van der Waals surface area (Å²) in [7, 11) is 6.91. The number of aryl methyl sites for hydroxylation is 2. The first kappa shape index (κ1) is 46.2. The second-order valence-electron chi connectivity index (χ2n) is 20.0. The minimum absolute atomic E-state index is 0.662. The minimum Gasteiger partial charge on any atom is -0.497 e. The van der Waals surface area contributed by atoms with Crippen molar-refractivity contribution in [2.75, 3.05) is 38.2 Å². The highest BCUT2D eigenvalue weighted by Gasteiger charge is 2.52. The molecule has 0 amide bonds. The van der Waals surface area contributed by atoms with E-state index in [1.807, 2.05) is 0 Å². The summed E-state index contributed by atoms with van der Waals surface area (Å²) in [4.78, 5) is 4.80. The molecule has 14 rings (SSSR count). The third-order valence-corrected chi connectivity index (χ3v) is 16.5. The van der Waals surface area contributed by atoms with Gasteiger partial charge in [0.05, 0.1) is 33.9 Å². The molecule has 376 valence electrons. The van der Waals surface area contributed by atoms with Crippen LogP contribution in [-0.2, 0) is 18.5 Å². The summed E-state index contributed by atoms with van der Waals surface area (Å²) >= 11 is 0. The van der Waals surface area contributed by atoms with Gasteiger partial charge in [0, 0.05) is 90.8 Å². The van der Waals surface area contributed by atoms with Gasteiger partial charge in [-0.05, 0) is 204 Å². The van der Waals surface area contributed by atoms with Crippen LogP contribution in [0.25, 0.3) is 65.9 Å². The summed E-state index contributed by atoms with van der Waals surface area (Å²) in [5.41, 5.74) is 20.3. The number of methoxy groups -OCH3 is 4. The molecule has 77 heavy (non-hydrogen) atoms. The van der Waals surface area contributed by atoms with E-state index in [0.717, 1.165) is 81.0 Å². The lowest BCUT2D eigenvalue weighted by Crippen LogP contribution is -2.26. The number of nitrogens with zero attached hydrogens (tertiary/aromatic N) is 4. The average Bonchev–Trinajstić information content (AvgIpc) is 4.16. The molecule has 2 aromatic heterocycles. The van der Waals surface area contributed by atoms with Crippen LogP contribution < -0.4 is 28.7 Å². The van der Waals surface area contributed by atoms with Crippen LogP contribution in [0, 0.1) is 0 Å². The molecule has 0 saturated carbocycles. The molecule has 0 aliphatic heterocycles. The molecule has 0 radical (unpaired) electrons. The largest absolute Gasteiger partial charge is 0.497 e. The molecule has 2 heterocycles. The van der Waals surface area contributed by atoms with Crippen molar-refractivity contribution in [3.63, 3.8) is 0 Å². The van der Waals surface area contributed by atoms with Gasteiger partial charge in [0.2, 0.25) is 0 Å². The Bertz CT molecular complexity index is 4040. The molecule has 1 spiro atoms. The summed E-state index contributed by atoms with van der Waals surface area (Å²) in [6.45, 7) is 6.11. The maximum Gasteiger partial charge on any atom is 0.119 e. The normalized spacial score (nSPS) is 12.8. The molecule has 0 bridgehead atoms. The molecular weight excluding hydrogens is 949 g/mol. The predicted octanol–water partition coefficient (Wildman–Crippen LogP) is 17.3. The number of hydrogen-bond acceptors (Lipinski definition) is 6. The Kier molecular flexibility index (Phi) is 10.7. The van der Waals surface area contributed by atoms with Gasteiger partial charge in [-0.1, -0.05) is 60.7 Å². The average molecular weight is 1010 g/mol. The molecule has 0 saturated heterocycles. The molecular formula is C69H56N4O4. The van der Waals surface area contributed by atoms with Gasteiger partial charge in [-0.2, -0.15) is 0 Å². The maximum atomic E-state index is 5.79. The van der Waals surface area contributed by atoms with E-state index in [1.165, 1.54) is 77.3 Å². The van der Waals surface area contributed by atoms with Gasteiger partial charge in [0.1, 0.15) is 23.0 Å². The van der Waals surface area contributed by atoms with Crippen molar-refractivity contribution < 1.29 is 18.9 Å². The van der Waals surface area contributed by atoms with Gasteiger partial charge in [-0.3, -0.25) is 0 Å². The molecule has 2 aliphatic rings. The summed E-state index contributed by atoms with van der Waals surface area (Å²) in [5.74, 6) is 3.28. The monoisotopic (exact) mass is 1000 g/mol. The molecule has 8 nitrogen and oxygen atoms in total. The lowest BCUT2D eigenvalue weighted by Gasteiger charge is -2.33. The second-order valence-corrected chi connectivity index (χ2v) is 20.0. The molecule has 0 atom stereocenters. The van der Waals surface area contributed by atoms with Crippen molar-refractivity contribution in [2.24, 2.45) is 0 Å². The van der Waals surface area contributed by atoms with Crippen molar-refractivity contribution in [3.05, 3.63) is 229 Å². The van der Waals surface area contributed by atoms with Gasteiger partial charge in [-0.25, -0.2) is 0 Å². The maximum absolute atomic E-state index is 5.79. The smallest absolute Gasteiger partial charge is 0.119 e. The number of hydrogen-bond donors (Lipinski definition) is 0. The highest BCUT2D eigenvalue weighted by molar-refractivity contribution is 6.11. The van der Waals surface area contributed by atoms with Crippen molar-refractivity contribution in [1.29, 1.82) is 0 Å². The van der Waals surface area contributed by atoms with E-state index in [0.29, 0.717) is 0 Å². The van der Waals surface area contributed by atoms with Crippen LogP contribution in [0.3, 0.4) is 0 Å². The number of benzene rings is 10. The fourth-order valence-electron chi connectivity index (χ4n) is 13.1. The first-order chi connectivity index (χ1) is 37.9. The third-order valence-electron chi connectivity index (χ3n) is 16.5. The Morgan fingerprint density at radius 1 is 0.312 bits per heavy atom. The lowest BCUT2D eigenvalue weighted by molar-refractivity contribution is 0.414. The zero-order valence-electron chi connectivity index (χ0n) is 44.0. The second kappa shape index (κ2) is 17.9. The Morgan fingerprint density at radius 3 is 1.01 bits per heavy atom. The Morgan fingerprint density at radius 2 is 0.623 bits per heavy atom. The van der Waals surface area contributed by atoms with E-state index in [2.05, 4.69) is 239 Å². The van der Waals surface area contributed by atoms with Crippen LogP contribution in [0.4, 0.5) is 34.1 Å². The van der Waals surface area contributed by atoms with Crippen LogP contribution in [0.5, 0.6) is 23.0 Å². The zero-order chi connectivity index (χ0) is 52.1. The quantitative estimate of drug-likeness (QED) is 0.122. The van der Waals surface area contributed by atoms with E-state index >= 15 is 0 Å². The summed E-state index contributed by atoms with van der Waals surface area (Å²) in [6, 6.07) is 75.8. The van der Waals surface area contributed by atoms with Crippen molar-refractivity contribution >= 4 is 77.7 Å². The van der Waals surface area contributed by atoms with Crippen molar-refractivity contribution in [1.82, 2.24) is 9.13 Å². The van der Waals surface area contributed by atoms with Gasteiger partial charge < -0.3 is 37.9 Å². The SMILES string of the molecule is CCn1c2ccc(OC)cc2c2cc(N(c3ccc(OC)cc3)c3ccc4c(c3)C3(c5ccccc5-c5ccccc53)c3cc(N(c5ccc(OC)cc5)c5ccc6c(c5)c5cc(OC)ccc5n6CC)ccc3-4)ccc21. The van der Waals surface area contributed by atoms with Crippen LogP contribution in [0.1, 0.15) is 36.1 Å². The predicted molar refractivity (Wildman–Crippen MR) is 316 cm³/mol. The molecule has 10 aromatic carbocycles. The number of fused-ring (bicyclic) bond motifs is 16. The lowest BCUT2D eigenvalue weighted by atomic mass is 9.70. The molecule has 2 aliphatic carbocycles. The van der Waals surface area contributed by atoms with E-state index in [4.69, 9.17) is 18.9 Å². The Balaban J connectivity index is 1.01. The van der Waals surface area contributed by atoms with Gasteiger partial charge >= 0.3 is 0 Å². The van der Waals surface area contributed by atoms with Crippen molar-refractivity contribution in [2.45, 2.75) is 32.4 Å². The number of rotatable bonds is 12. The Labute approximate surface area is 448 Å². The highest BCUT2D eigenvalue weighted by atomic mass is 16.5. The molecule has 0 unspecified atom stereocenters. The minimum atomic E-state index is -0.662. The van der Waals surface area contributed by atoms with E-state index in [-0.39, 0.29) is 0 Å². The molecule has 12 aromatic rings. The van der Waals surface area contributed by atoms with Gasteiger partial charge in [-0.15, -0.1) is 0 Å². The third kappa shape index (κ3) is 6.77. The molecule has 8 heteroatoms. The van der Waals surface area contributed by atoms with Crippen LogP contribution in [0.2, 0.25) is 0 Å². The molecule has 0 fully saturated rings. The number of ether oxygens (including phenoxy) is 4. The highest BCUT2D eigenvalue weighted by Crippen LogP contribution is 2.64. The topological polar surface area (TPSA) is 53.3 Å². The first-order valence-electron chi connectivity index (χ1n) is 26.5. The molecule has 0 N–H and O–H groups in total. The summed E-state index contributed by atoms with van der Waals surface area (Å²) in [5, 5.41) is 4.66. The van der Waals surface area contributed by atoms with Crippen LogP contribution >= 0.6 is 0 Å². The Hall–Kier alpha value is -9.40. The van der Waals surface area contributed by atoms with Gasteiger partial charge in [0.25, 0.3) is 0 Å². The summed E-state index contributed by atoms with van der Waals surface area (Å²) < 4.78 is 27.8. The van der Waals surface area contributed by atoms with Crippen LogP contribution in [-0.4, -0.2) is 37.6 Å². The fourth-order valence-corrected chi connectivity index (χ4v) is 13.1. The van der Waals surface area contributed by atoms with Gasteiger partial charge in [0.15, 0.2) is 0 Å². The van der Waals surface area contributed by atoms with E-state index in [9.17, 15) is 0 Å². The van der Waals surface area contributed by atoms with E-state index in [1.54, 1.807) is 28.4 Å². The first-order valence-corrected chi connectivity index (χ1v) is 26.5. The number of aromatic nitrogens is 2.